The van der Waals surface area contributed by atoms with Crippen molar-refractivity contribution in [3.8, 4) is 5.75 Å². The number of hydrogen-bond donors (Lipinski definition) is 4. The SMILES string of the molecule is CCOc1ccc(S(=O)(=O)Nc2ccc(C(=O)NNC(=O)c3[nH]c(C)c(C(C)=O)c3C)cc2)cc1. The van der Waals surface area contributed by atoms with Crippen LogP contribution in [0, 0.1) is 13.8 Å². The summed E-state index contributed by atoms with van der Waals surface area (Å²) in [6.45, 7) is 7.04. The molecule has 35 heavy (non-hydrogen) atoms. The van der Waals surface area contributed by atoms with Crippen LogP contribution in [0.4, 0.5) is 5.69 Å². The van der Waals surface area contributed by atoms with Gasteiger partial charge in [0.2, 0.25) is 0 Å². The van der Waals surface area contributed by atoms with Crippen molar-refractivity contribution >= 4 is 33.3 Å². The average Bonchev–Trinajstić information content (AvgIpc) is 3.12. The van der Waals surface area contributed by atoms with Crippen molar-refractivity contribution in [1.29, 1.82) is 0 Å². The van der Waals surface area contributed by atoms with E-state index in [2.05, 4.69) is 20.6 Å². The van der Waals surface area contributed by atoms with Crippen LogP contribution in [0.3, 0.4) is 0 Å². The van der Waals surface area contributed by atoms with E-state index in [-0.39, 0.29) is 27.6 Å². The highest BCUT2D eigenvalue weighted by Crippen LogP contribution is 2.20. The number of ketones is 1. The molecule has 3 aromatic rings. The molecule has 2 amide bonds. The summed E-state index contributed by atoms with van der Waals surface area (Å²) in [5, 5.41) is 0. The first kappa shape index (κ1) is 25.5. The standard InChI is InChI=1S/C24H26N4O6S/c1-5-34-19-10-12-20(13-11-19)35(32,33)28-18-8-6-17(7-9-18)23(30)26-27-24(31)22-14(2)21(16(4)29)15(3)25-22/h6-13,25,28H,5H2,1-4H3,(H,26,30)(H,27,31). The topological polar surface area (TPSA) is 146 Å². The average molecular weight is 499 g/mol. The molecule has 4 N–H and O–H groups in total. The lowest BCUT2D eigenvalue weighted by Crippen LogP contribution is -2.42. The molecule has 11 heteroatoms. The van der Waals surface area contributed by atoms with Gasteiger partial charge in [-0.05, 0) is 81.8 Å². The Morgan fingerprint density at radius 3 is 2.06 bits per heavy atom. The summed E-state index contributed by atoms with van der Waals surface area (Å²) >= 11 is 0. The number of aromatic amines is 1. The van der Waals surface area contributed by atoms with E-state index in [4.69, 9.17) is 4.74 Å². The fourth-order valence-electron chi connectivity index (χ4n) is 3.54. The summed E-state index contributed by atoms with van der Waals surface area (Å²) in [6.07, 6.45) is 0. The van der Waals surface area contributed by atoms with Gasteiger partial charge in [-0.3, -0.25) is 30.0 Å². The maximum atomic E-state index is 12.6. The van der Waals surface area contributed by atoms with E-state index in [9.17, 15) is 22.8 Å². The number of Topliss-reactive ketones (excluding diaryl/α,β-unsaturated/α-hetero) is 1. The third-order valence-corrected chi connectivity index (χ3v) is 6.55. The van der Waals surface area contributed by atoms with Gasteiger partial charge >= 0.3 is 0 Å². The molecule has 0 aliphatic carbocycles. The number of anilines is 1. The molecule has 0 bridgehead atoms. The molecule has 0 aliphatic rings. The summed E-state index contributed by atoms with van der Waals surface area (Å²) in [5.74, 6) is -0.814. The minimum absolute atomic E-state index is 0.0632. The highest BCUT2D eigenvalue weighted by atomic mass is 32.2. The molecule has 184 valence electrons. The second kappa shape index (κ2) is 10.4. The number of carbonyl (C=O) groups is 3. The van der Waals surface area contributed by atoms with Crippen molar-refractivity contribution < 1.29 is 27.5 Å². The van der Waals surface area contributed by atoms with E-state index in [0.29, 0.717) is 29.2 Å². The molecule has 2 aromatic carbocycles. The molecule has 0 atom stereocenters. The second-order valence-corrected chi connectivity index (χ2v) is 9.36. The predicted molar refractivity (Wildman–Crippen MR) is 130 cm³/mol. The number of aryl methyl sites for hydroxylation is 1. The van der Waals surface area contributed by atoms with E-state index in [1.54, 1.807) is 26.0 Å². The van der Waals surface area contributed by atoms with Crippen LogP contribution in [0.15, 0.2) is 53.4 Å². The van der Waals surface area contributed by atoms with Crippen LogP contribution in [-0.4, -0.2) is 37.6 Å². The number of aromatic nitrogens is 1. The number of sulfonamides is 1. The molecule has 0 radical (unpaired) electrons. The van der Waals surface area contributed by atoms with Gasteiger partial charge in [-0.2, -0.15) is 0 Å². The minimum atomic E-state index is -3.83. The summed E-state index contributed by atoms with van der Waals surface area (Å²) in [5.41, 5.74) is 6.72. The van der Waals surface area contributed by atoms with Crippen molar-refractivity contribution in [3.63, 3.8) is 0 Å². The molecule has 10 nitrogen and oxygen atoms in total. The molecule has 1 heterocycles. The van der Waals surface area contributed by atoms with Gasteiger partial charge < -0.3 is 9.72 Å². The van der Waals surface area contributed by atoms with Crippen LogP contribution in [-0.2, 0) is 10.0 Å². The third-order valence-electron chi connectivity index (χ3n) is 5.15. The van der Waals surface area contributed by atoms with Gasteiger partial charge in [-0.15, -0.1) is 0 Å². The quantitative estimate of drug-likeness (QED) is 0.277. The first-order valence-corrected chi connectivity index (χ1v) is 12.2. The van der Waals surface area contributed by atoms with E-state index in [0.717, 1.165) is 0 Å². The summed E-state index contributed by atoms with van der Waals surface area (Å²) in [6, 6.07) is 11.7. The van der Waals surface area contributed by atoms with Gasteiger partial charge in [0.15, 0.2) is 5.78 Å². The maximum Gasteiger partial charge on any atom is 0.286 e. The fraction of sp³-hybridized carbons (Fsp3) is 0.208. The third kappa shape index (κ3) is 5.87. The van der Waals surface area contributed by atoms with Gasteiger partial charge in [0, 0.05) is 22.5 Å². The normalized spacial score (nSPS) is 11.0. The van der Waals surface area contributed by atoms with Crippen LogP contribution in [0.2, 0.25) is 0 Å². The zero-order valence-corrected chi connectivity index (χ0v) is 20.5. The molecule has 3 rings (SSSR count). The van der Waals surface area contributed by atoms with Crippen LogP contribution in [0.1, 0.15) is 56.3 Å². The molecule has 0 saturated heterocycles. The first-order chi connectivity index (χ1) is 16.5. The van der Waals surface area contributed by atoms with Gasteiger partial charge in [0.05, 0.1) is 11.5 Å². The van der Waals surface area contributed by atoms with Crippen LogP contribution >= 0.6 is 0 Å². The van der Waals surface area contributed by atoms with Crippen molar-refractivity contribution in [2.45, 2.75) is 32.6 Å². The lowest BCUT2D eigenvalue weighted by atomic mass is 10.1. The second-order valence-electron chi connectivity index (χ2n) is 7.68. The lowest BCUT2D eigenvalue weighted by Gasteiger charge is -2.10. The molecule has 0 saturated carbocycles. The lowest BCUT2D eigenvalue weighted by molar-refractivity contribution is 0.0844. The fourth-order valence-corrected chi connectivity index (χ4v) is 4.60. The van der Waals surface area contributed by atoms with Gasteiger partial charge in [-0.25, -0.2) is 8.42 Å². The summed E-state index contributed by atoms with van der Waals surface area (Å²) in [7, 11) is -3.83. The number of ether oxygens (including phenoxy) is 1. The van der Waals surface area contributed by atoms with Crippen molar-refractivity contribution in [2.24, 2.45) is 0 Å². The number of rotatable bonds is 8. The molecule has 1 aromatic heterocycles. The molecular formula is C24H26N4O6S. The van der Waals surface area contributed by atoms with Crippen molar-refractivity contribution in [3.05, 3.63) is 76.6 Å². The minimum Gasteiger partial charge on any atom is -0.494 e. The monoisotopic (exact) mass is 498 g/mol. The maximum absolute atomic E-state index is 12.6. The van der Waals surface area contributed by atoms with Crippen LogP contribution in [0.5, 0.6) is 5.75 Å². The smallest absolute Gasteiger partial charge is 0.286 e. The van der Waals surface area contributed by atoms with Crippen LogP contribution < -0.4 is 20.3 Å². The van der Waals surface area contributed by atoms with E-state index < -0.39 is 21.8 Å². The van der Waals surface area contributed by atoms with Crippen molar-refractivity contribution in [2.75, 3.05) is 11.3 Å². The van der Waals surface area contributed by atoms with E-state index in [1.165, 1.54) is 43.3 Å². The Morgan fingerprint density at radius 2 is 1.51 bits per heavy atom. The van der Waals surface area contributed by atoms with Gasteiger partial charge in [0.25, 0.3) is 21.8 Å². The van der Waals surface area contributed by atoms with Gasteiger partial charge in [0.1, 0.15) is 11.4 Å². The Bertz CT molecular complexity index is 1360. The van der Waals surface area contributed by atoms with E-state index in [1.807, 2.05) is 6.92 Å². The Kier molecular flexibility index (Phi) is 7.60. The van der Waals surface area contributed by atoms with Gasteiger partial charge in [-0.1, -0.05) is 0 Å². The van der Waals surface area contributed by atoms with Crippen molar-refractivity contribution in [1.82, 2.24) is 15.8 Å². The number of hydrazine groups is 1. The predicted octanol–water partition coefficient (Wildman–Crippen LogP) is 3.11. The Hall–Kier alpha value is -4.12. The zero-order valence-electron chi connectivity index (χ0n) is 19.7. The number of nitrogens with one attached hydrogen (secondary N) is 4. The highest BCUT2D eigenvalue weighted by molar-refractivity contribution is 7.92. The summed E-state index contributed by atoms with van der Waals surface area (Å²) < 4.78 is 32.9. The molecule has 0 fully saturated rings. The number of carbonyl (C=O) groups excluding carboxylic acids is 3. The number of amides is 2. The Morgan fingerprint density at radius 1 is 0.914 bits per heavy atom. The number of hydrogen-bond acceptors (Lipinski definition) is 6. The Labute approximate surface area is 203 Å². The van der Waals surface area contributed by atoms with Crippen LogP contribution in [0.25, 0.3) is 0 Å². The molecule has 0 aliphatic heterocycles. The number of H-pyrrole nitrogens is 1. The Balaban J connectivity index is 1.62. The van der Waals surface area contributed by atoms with E-state index >= 15 is 0 Å². The largest absolute Gasteiger partial charge is 0.494 e. The summed E-state index contributed by atoms with van der Waals surface area (Å²) in [4.78, 5) is 39.5. The molecular weight excluding hydrogens is 472 g/mol. The number of benzene rings is 2. The highest BCUT2D eigenvalue weighted by Gasteiger charge is 2.20. The molecule has 0 spiro atoms. The molecule has 0 unspecified atom stereocenters. The first-order valence-electron chi connectivity index (χ1n) is 10.7. The zero-order chi connectivity index (χ0) is 25.8.